The van der Waals surface area contributed by atoms with Crippen LogP contribution in [0.15, 0.2) is 36.7 Å². The van der Waals surface area contributed by atoms with E-state index in [4.69, 9.17) is 17.3 Å². The molecule has 0 aliphatic rings. The first-order chi connectivity index (χ1) is 7.70. The van der Waals surface area contributed by atoms with Crippen molar-refractivity contribution in [3.05, 3.63) is 52.8 Å². The monoisotopic (exact) mass is 235 g/mol. The van der Waals surface area contributed by atoms with Crippen LogP contribution < -0.4 is 5.73 Å². The molecule has 0 amide bonds. The van der Waals surface area contributed by atoms with Gasteiger partial charge in [-0.1, -0.05) is 41.4 Å². The van der Waals surface area contributed by atoms with Gasteiger partial charge in [0, 0.05) is 12.7 Å². The molecule has 0 radical (unpaired) electrons. The molecule has 1 unspecified atom stereocenters. The van der Waals surface area contributed by atoms with Gasteiger partial charge in [-0.2, -0.15) is 5.10 Å². The highest BCUT2D eigenvalue weighted by Gasteiger charge is 2.12. The number of hydrogen-bond donors (Lipinski definition) is 1. The Morgan fingerprint density at radius 2 is 2.31 bits per heavy atom. The maximum atomic E-state index is 5.86. The van der Waals surface area contributed by atoms with Gasteiger partial charge in [-0.15, -0.1) is 0 Å². The molecule has 1 atom stereocenters. The largest absolute Gasteiger partial charge is 0.328 e. The van der Waals surface area contributed by atoms with E-state index in [0.717, 1.165) is 5.56 Å². The summed E-state index contributed by atoms with van der Waals surface area (Å²) in [6, 6.07) is 8.31. The average molecular weight is 236 g/mol. The van der Waals surface area contributed by atoms with Crippen molar-refractivity contribution in [3.63, 3.8) is 0 Å². The lowest BCUT2D eigenvalue weighted by Crippen LogP contribution is -2.20. The van der Waals surface area contributed by atoms with Crippen LogP contribution in [0.2, 0.25) is 5.02 Å². The predicted octanol–water partition coefficient (Wildman–Crippen LogP) is 2.39. The molecule has 0 bridgehead atoms. The normalized spacial score (nSPS) is 12.7. The summed E-state index contributed by atoms with van der Waals surface area (Å²) >= 11 is 5.86. The van der Waals surface area contributed by atoms with Crippen molar-refractivity contribution in [1.82, 2.24) is 9.78 Å². The highest BCUT2D eigenvalue weighted by molar-refractivity contribution is 6.30. The number of rotatable bonds is 3. The first kappa shape index (κ1) is 11.2. The molecule has 0 spiro atoms. The number of benzene rings is 1. The van der Waals surface area contributed by atoms with E-state index in [0.29, 0.717) is 11.6 Å². The molecule has 2 N–H and O–H groups in total. The minimum Gasteiger partial charge on any atom is -0.328 e. The molecule has 0 saturated heterocycles. The van der Waals surface area contributed by atoms with E-state index in [1.807, 2.05) is 6.07 Å². The summed E-state index contributed by atoms with van der Waals surface area (Å²) in [5.41, 5.74) is 8.16. The second-order valence-corrected chi connectivity index (χ2v) is 4.24. The molecule has 4 heteroatoms. The Balaban J connectivity index is 2.36. The van der Waals surface area contributed by atoms with Gasteiger partial charge in [-0.05, 0) is 12.5 Å². The number of aryl methyl sites for hydroxylation is 1. The number of halogens is 1. The summed E-state index contributed by atoms with van der Waals surface area (Å²) in [7, 11) is 0. The van der Waals surface area contributed by atoms with Gasteiger partial charge in [-0.3, -0.25) is 4.68 Å². The van der Waals surface area contributed by atoms with Crippen LogP contribution in [0.3, 0.4) is 0 Å². The molecule has 3 nitrogen and oxygen atoms in total. The predicted molar refractivity (Wildman–Crippen MR) is 65.6 cm³/mol. The fourth-order valence-corrected chi connectivity index (χ4v) is 1.90. The lowest BCUT2D eigenvalue weighted by Gasteiger charge is -2.16. The Labute approximate surface area is 99.8 Å². The second kappa shape index (κ2) is 4.68. The maximum absolute atomic E-state index is 5.86. The number of nitrogens with two attached hydrogens (primary N) is 1. The van der Waals surface area contributed by atoms with Crippen molar-refractivity contribution in [1.29, 1.82) is 0 Å². The third-order valence-electron chi connectivity index (χ3n) is 2.54. The molecule has 0 aliphatic carbocycles. The van der Waals surface area contributed by atoms with Gasteiger partial charge in [0.25, 0.3) is 0 Å². The van der Waals surface area contributed by atoms with Crippen molar-refractivity contribution in [3.8, 4) is 0 Å². The van der Waals surface area contributed by atoms with Crippen LogP contribution in [0.1, 0.15) is 17.2 Å². The Hall–Kier alpha value is -1.32. The molecule has 2 rings (SSSR count). The van der Waals surface area contributed by atoms with Gasteiger partial charge in [0.15, 0.2) is 0 Å². The van der Waals surface area contributed by atoms with Crippen LogP contribution in [-0.4, -0.2) is 16.3 Å². The Kier molecular flexibility index (Phi) is 3.27. The van der Waals surface area contributed by atoms with Crippen LogP contribution in [0, 0.1) is 6.92 Å². The van der Waals surface area contributed by atoms with Gasteiger partial charge in [-0.25, -0.2) is 0 Å². The maximum Gasteiger partial charge on any atom is 0.0891 e. The third kappa shape index (κ3) is 2.26. The fraction of sp³-hybridized carbons (Fsp3) is 0.250. The van der Waals surface area contributed by atoms with E-state index in [1.54, 1.807) is 17.1 Å². The fourth-order valence-electron chi connectivity index (χ4n) is 1.76. The van der Waals surface area contributed by atoms with Crippen molar-refractivity contribution in [2.75, 3.05) is 6.54 Å². The lowest BCUT2D eigenvalue weighted by molar-refractivity contribution is 0.532. The Bertz CT molecular complexity index is 479. The number of hydrogen-bond acceptors (Lipinski definition) is 2. The van der Waals surface area contributed by atoms with E-state index in [2.05, 4.69) is 30.2 Å². The molecular formula is C12H14ClN3. The zero-order valence-electron chi connectivity index (χ0n) is 9.10. The Morgan fingerprint density at radius 3 is 2.88 bits per heavy atom. The van der Waals surface area contributed by atoms with Crippen molar-refractivity contribution >= 4 is 11.6 Å². The standard InChI is InChI=1S/C12H14ClN3/c1-9-3-2-4-10(5-9)12(6-14)16-8-11(13)7-15-16/h2-5,7-8,12H,6,14H2,1H3. The summed E-state index contributed by atoms with van der Waals surface area (Å²) < 4.78 is 1.80. The van der Waals surface area contributed by atoms with Crippen molar-refractivity contribution < 1.29 is 0 Å². The zero-order chi connectivity index (χ0) is 11.5. The molecule has 0 fully saturated rings. The molecule has 2 aromatic rings. The van der Waals surface area contributed by atoms with E-state index in [1.165, 1.54) is 5.56 Å². The van der Waals surface area contributed by atoms with Crippen molar-refractivity contribution in [2.45, 2.75) is 13.0 Å². The van der Waals surface area contributed by atoms with Gasteiger partial charge in [0.2, 0.25) is 0 Å². The quantitative estimate of drug-likeness (QED) is 0.888. The first-order valence-electron chi connectivity index (χ1n) is 5.17. The lowest BCUT2D eigenvalue weighted by atomic mass is 10.0. The summed E-state index contributed by atoms with van der Waals surface area (Å²) in [4.78, 5) is 0. The van der Waals surface area contributed by atoms with Gasteiger partial charge >= 0.3 is 0 Å². The molecule has 0 aliphatic heterocycles. The van der Waals surface area contributed by atoms with Gasteiger partial charge in [0.05, 0.1) is 17.3 Å². The van der Waals surface area contributed by atoms with Gasteiger partial charge < -0.3 is 5.73 Å². The Morgan fingerprint density at radius 1 is 1.50 bits per heavy atom. The summed E-state index contributed by atoms with van der Waals surface area (Å²) in [5, 5.41) is 4.83. The van der Waals surface area contributed by atoms with E-state index >= 15 is 0 Å². The minimum absolute atomic E-state index is 0.0485. The third-order valence-corrected chi connectivity index (χ3v) is 2.73. The van der Waals surface area contributed by atoms with Gasteiger partial charge in [0.1, 0.15) is 0 Å². The molecule has 1 aromatic carbocycles. The van der Waals surface area contributed by atoms with Crippen LogP contribution in [0.4, 0.5) is 0 Å². The molecule has 16 heavy (non-hydrogen) atoms. The zero-order valence-corrected chi connectivity index (χ0v) is 9.85. The molecule has 1 heterocycles. The topological polar surface area (TPSA) is 43.8 Å². The van der Waals surface area contributed by atoms with Crippen LogP contribution >= 0.6 is 11.6 Å². The molecule has 1 aromatic heterocycles. The van der Waals surface area contributed by atoms with Crippen LogP contribution in [0.25, 0.3) is 0 Å². The molecule has 0 saturated carbocycles. The van der Waals surface area contributed by atoms with E-state index < -0.39 is 0 Å². The average Bonchev–Trinajstić information content (AvgIpc) is 2.66. The van der Waals surface area contributed by atoms with Crippen molar-refractivity contribution in [2.24, 2.45) is 5.73 Å². The summed E-state index contributed by atoms with van der Waals surface area (Å²) in [6.45, 7) is 2.56. The summed E-state index contributed by atoms with van der Waals surface area (Å²) in [6.07, 6.45) is 3.42. The second-order valence-electron chi connectivity index (χ2n) is 3.80. The highest BCUT2D eigenvalue weighted by Crippen LogP contribution is 2.19. The van der Waals surface area contributed by atoms with E-state index in [9.17, 15) is 0 Å². The summed E-state index contributed by atoms with van der Waals surface area (Å²) in [5.74, 6) is 0. The smallest absolute Gasteiger partial charge is 0.0891 e. The van der Waals surface area contributed by atoms with E-state index in [-0.39, 0.29) is 6.04 Å². The van der Waals surface area contributed by atoms with Crippen LogP contribution in [0.5, 0.6) is 0 Å². The number of nitrogens with zero attached hydrogens (tertiary/aromatic N) is 2. The highest BCUT2D eigenvalue weighted by atomic mass is 35.5. The molecular weight excluding hydrogens is 222 g/mol. The van der Waals surface area contributed by atoms with Crippen LogP contribution in [-0.2, 0) is 0 Å². The molecule has 84 valence electrons. The number of aromatic nitrogens is 2. The SMILES string of the molecule is Cc1cccc(C(CN)n2cc(Cl)cn2)c1. The minimum atomic E-state index is 0.0485. The first-order valence-corrected chi connectivity index (χ1v) is 5.55.